The maximum atomic E-state index is 5.29. The Balaban J connectivity index is 2.79. The first-order valence-corrected chi connectivity index (χ1v) is 4.80. The van der Waals surface area contributed by atoms with E-state index in [1.54, 1.807) is 16.8 Å². The molecule has 0 fully saturated rings. The molecule has 0 aromatic carbocycles. The zero-order chi connectivity index (χ0) is 9.26. The Labute approximate surface area is 79.4 Å². The summed E-state index contributed by atoms with van der Waals surface area (Å²) >= 11 is 1.46. The highest BCUT2D eigenvalue weighted by molar-refractivity contribution is 7.98. The number of rotatable bonds is 1. The highest BCUT2D eigenvalue weighted by Gasteiger charge is 2.04. The van der Waals surface area contributed by atoms with Crippen LogP contribution in [0.15, 0.2) is 17.4 Å². The van der Waals surface area contributed by atoms with E-state index >= 15 is 0 Å². The van der Waals surface area contributed by atoms with Gasteiger partial charge in [0.25, 0.3) is 0 Å². The largest absolute Gasteiger partial charge is 0.210 e. The van der Waals surface area contributed by atoms with E-state index in [1.807, 2.05) is 6.26 Å². The van der Waals surface area contributed by atoms with E-state index in [9.17, 15) is 0 Å². The zero-order valence-electron chi connectivity index (χ0n) is 6.93. The zero-order valence-corrected chi connectivity index (χ0v) is 7.75. The van der Waals surface area contributed by atoms with Crippen molar-refractivity contribution in [2.45, 2.75) is 5.16 Å². The summed E-state index contributed by atoms with van der Waals surface area (Å²) in [5.41, 5.74) is 0.729. The van der Waals surface area contributed by atoms with Gasteiger partial charge in [-0.05, 0) is 12.2 Å². The molecule has 0 aliphatic rings. The van der Waals surface area contributed by atoms with Gasteiger partial charge in [0, 0.05) is 6.07 Å². The third-order valence-corrected chi connectivity index (χ3v) is 2.09. The minimum absolute atomic E-state index is 0.486. The molecule has 2 aromatic heterocycles. The van der Waals surface area contributed by atoms with E-state index in [2.05, 4.69) is 21.0 Å². The fourth-order valence-corrected chi connectivity index (χ4v) is 1.35. The quantitative estimate of drug-likeness (QED) is 0.493. The van der Waals surface area contributed by atoms with E-state index in [0.29, 0.717) is 11.0 Å². The molecule has 0 atom stereocenters. The summed E-state index contributed by atoms with van der Waals surface area (Å²) in [4.78, 5) is 8.35. The van der Waals surface area contributed by atoms with Crippen molar-refractivity contribution in [2.75, 3.05) is 6.26 Å². The topological polar surface area (TPSA) is 43.1 Å². The first kappa shape index (κ1) is 8.08. The average molecular weight is 190 g/mol. The molecule has 0 N–H and O–H groups in total. The van der Waals surface area contributed by atoms with Crippen LogP contribution in [0.25, 0.3) is 5.65 Å². The standard InChI is InChI=1S/C8H6N4S/c1-3-6-10-8(13-2)11-7-4-5-9-12(6)7/h1,4-5H,2H3. The number of thioether (sulfide) groups is 1. The molecule has 2 aromatic rings. The van der Waals surface area contributed by atoms with Crippen LogP contribution in [0.1, 0.15) is 5.82 Å². The molecule has 0 saturated heterocycles. The van der Waals surface area contributed by atoms with Crippen LogP contribution >= 0.6 is 11.8 Å². The minimum atomic E-state index is 0.486. The van der Waals surface area contributed by atoms with Crippen molar-refractivity contribution in [3.63, 3.8) is 0 Å². The Bertz CT molecular complexity index is 482. The number of hydrogen-bond acceptors (Lipinski definition) is 4. The number of terminal acetylenes is 1. The SMILES string of the molecule is C#Cc1nc(SC)nc2ccnn12. The third-order valence-electron chi connectivity index (χ3n) is 1.55. The molecule has 0 unspecified atom stereocenters. The molecule has 0 spiro atoms. The molecule has 0 radical (unpaired) electrons. The average Bonchev–Trinajstić information content (AvgIpc) is 2.63. The third kappa shape index (κ3) is 1.25. The molecular formula is C8H6N4S. The summed E-state index contributed by atoms with van der Waals surface area (Å²) in [6, 6.07) is 1.79. The van der Waals surface area contributed by atoms with Gasteiger partial charge in [-0.1, -0.05) is 11.8 Å². The second-order valence-electron chi connectivity index (χ2n) is 2.28. The lowest BCUT2D eigenvalue weighted by Gasteiger charge is -1.98. The van der Waals surface area contributed by atoms with E-state index in [4.69, 9.17) is 6.42 Å². The molecule has 0 aliphatic heterocycles. The summed E-state index contributed by atoms with van der Waals surface area (Å²) in [5, 5.41) is 4.67. The number of hydrogen-bond donors (Lipinski definition) is 0. The van der Waals surface area contributed by atoms with Crippen LogP contribution in [0.4, 0.5) is 0 Å². The van der Waals surface area contributed by atoms with Gasteiger partial charge in [0.1, 0.15) is 0 Å². The number of nitrogens with zero attached hydrogens (tertiary/aromatic N) is 4. The lowest BCUT2D eigenvalue weighted by molar-refractivity contribution is 0.817. The Morgan fingerprint density at radius 1 is 1.54 bits per heavy atom. The van der Waals surface area contributed by atoms with Gasteiger partial charge in [-0.25, -0.2) is 4.98 Å². The first-order valence-electron chi connectivity index (χ1n) is 3.57. The van der Waals surface area contributed by atoms with E-state index in [1.165, 1.54) is 11.8 Å². The molecule has 5 heteroatoms. The summed E-state index contributed by atoms with van der Waals surface area (Å²) in [6.45, 7) is 0. The van der Waals surface area contributed by atoms with Crippen molar-refractivity contribution in [2.24, 2.45) is 0 Å². The molecule has 13 heavy (non-hydrogen) atoms. The first-order chi connectivity index (χ1) is 6.35. The van der Waals surface area contributed by atoms with Crippen LogP contribution in [0.5, 0.6) is 0 Å². The van der Waals surface area contributed by atoms with Crippen LogP contribution in [0.3, 0.4) is 0 Å². The highest BCUT2D eigenvalue weighted by atomic mass is 32.2. The number of aromatic nitrogens is 4. The molecule has 64 valence electrons. The second kappa shape index (κ2) is 3.07. The molecule has 0 bridgehead atoms. The Hall–Kier alpha value is -1.54. The minimum Gasteiger partial charge on any atom is -0.203 e. The molecule has 2 rings (SSSR count). The van der Waals surface area contributed by atoms with Gasteiger partial charge in [0.15, 0.2) is 10.8 Å². The van der Waals surface area contributed by atoms with Gasteiger partial charge in [-0.15, -0.1) is 6.42 Å². The van der Waals surface area contributed by atoms with Gasteiger partial charge in [0.05, 0.1) is 6.20 Å². The lowest BCUT2D eigenvalue weighted by Crippen LogP contribution is -2.01. The second-order valence-corrected chi connectivity index (χ2v) is 3.05. The normalized spacial score (nSPS) is 10.2. The van der Waals surface area contributed by atoms with Crippen LogP contribution in [-0.2, 0) is 0 Å². The maximum Gasteiger partial charge on any atom is 0.210 e. The molecule has 2 heterocycles. The van der Waals surface area contributed by atoms with Gasteiger partial charge >= 0.3 is 0 Å². The van der Waals surface area contributed by atoms with Crippen molar-refractivity contribution >= 4 is 17.4 Å². The van der Waals surface area contributed by atoms with Gasteiger partial charge in [-0.3, -0.25) is 0 Å². The maximum absolute atomic E-state index is 5.29. The van der Waals surface area contributed by atoms with Gasteiger partial charge in [0.2, 0.25) is 5.82 Å². The molecule has 0 saturated carbocycles. The van der Waals surface area contributed by atoms with Gasteiger partial charge in [-0.2, -0.15) is 14.6 Å². The van der Waals surface area contributed by atoms with E-state index in [-0.39, 0.29) is 0 Å². The Morgan fingerprint density at radius 3 is 3.08 bits per heavy atom. The fourth-order valence-electron chi connectivity index (χ4n) is 0.990. The Morgan fingerprint density at radius 2 is 2.38 bits per heavy atom. The van der Waals surface area contributed by atoms with Crippen molar-refractivity contribution in [3.05, 3.63) is 18.1 Å². The molecule has 0 amide bonds. The van der Waals surface area contributed by atoms with Crippen LogP contribution in [0.2, 0.25) is 0 Å². The van der Waals surface area contributed by atoms with Crippen molar-refractivity contribution in [3.8, 4) is 12.3 Å². The molecule has 0 aliphatic carbocycles. The van der Waals surface area contributed by atoms with Crippen LogP contribution in [-0.4, -0.2) is 25.8 Å². The number of fused-ring (bicyclic) bond motifs is 1. The smallest absolute Gasteiger partial charge is 0.203 e. The predicted octanol–water partition coefficient (Wildman–Crippen LogP) is 0.827. The van der Waals surface area contributed by atoms with Crippen LogP contribution in [0, 0.1) is 12.3 Å². The monoisotopic (exact) mass is 190 g/mol. The van der Waals surface area contributed by atoms with E-state index < -0.39 is 0 Å². The molecule has 4 nitrogen and oxygen atoms in total. The van der Waals surface area contributed by atoms with Crippen molar-refractivity contribution in [1.29, 1.82) is 0 Å². The summed E-state index contributed by atoms with van der Waals surface area (Å²) in [7, 11) is 0. The van der Waals surface area contributed by atoms with Crippen molar-refractivity contribution < 1.29 is 0 Å². The lowest BCUT2D eigenvalue weighted by atomic mass is 10.6. The van der Waals surface area contributed by atoms with Gasteiger partial charge < -0.3 is 0 Å². The summed E-state index contributed by atoms with van der Waals surface area (Å²) in [6.07, 6.45) is 8.84. The van der Waals surface area contributed by atoms with Crippen molar-refractivity contribution in [1.82, 2.24) is 19.6 Å². The Kier molecular flexibility index (Phi) is 1.91. The van der Waals surface area contributed by atoms with E-state index in [0.717, 1.165) is 5.65 Å². The predicted molar refractivity (Wildman–Crippen MR) is 50.5 cm³/mol. The molecular weight excluding hydrogens is 184 g/mol. The fraction of sp³-hybridized carbons (Fsp3) is 0.125. The highest BCUT2D eigenvalue weighted by Crippen LogP contribution is 2.10. The van der Waals surface area contributed by atoms with Crippen LogP contribution < -0.4 is 0 Å². The summed E-state index contributed by atoms with van der Waals surface area (Å²) in [5.74, 6) is 2.95. The summed E-state index contributed by atoms with van der Waals surface area (Å²) < 4.78 is 1.54.